The highest BCUT2D eigenvalue weighted by molar-refractivity contribution is 5.22. The Morgan fingerprint density at radius 3 is 3.00 bits per heavy atom. The first-order valence-electron chi connectivity index (χ1n) is 6.59. The molecule has 106 valence electrons. The van der Waals surface area contributed by atoms with Gasteiger partial charge >= 0.3 is 0 Å². The molecule has 2 heterocycles. The largest absolute Gasteiger partial charge is 0.475 e. The van der Waals surface area contributed by atoms with Crippen LogP contribution in [0.2, 0.25) is 0 Å². The van der Waals surface area contributed by atoms with Crippen molar-refractivity contribution in [1.82, 2.24) is 4.98 Å². The maximum atomic E-state index is 9.77. The number of hydrogen-bond donors (Lipinski definition) is 1. The number of nitrogens with zero attached hydrogens (tertiary/aromatic N) is 1. The summed E-state index contributed by atoms with van der Waals surface area (Å²) < 4.78 is 16.7. The van der Waals surface area contributed by atoms with E-state index in [9.17, 15) is 5.11 Å². The van der Waals surface area contributed by atoms with Crippen molar-refractivity contribution in [2.75, 3.05) is 13.2 Å². The normalized spacial score (nSPS) is 23.3. The summed E-state index contributed by atoms with van der Waals surface area (Å²) in [6, 6.07) is 3.55. The molecule has 5 nitrogen and oxygen atoms in total. The molecular formula is C14H21NO4. The van der Waals surface area contributed by atoms with Gasteiger partial charge in [-0.3, -0.25) is 0 Å². The zero-order chi connectivity index (χ0) is 13.9. The summed E-state index contributed by atoms with van der Waals surface area (Å²) in [6.07, 6.45) is 1.74. The zero-order valence-corrected chi connectivity index (χ0v) is 11.6. The number of pyridine rings is 1. The Hall–Kier alpha value is -1.17. The summed E-state index contributed by atoms with van der Waals surface area (Å²) >= 11 is 0. The number of rotatable bonds is 5. The molecule has 0 aliphatic carbocycles. The average Bonchev–Trinajstić information content (AvgIpc) is 2.75. The van der Waals surface area contributed by atoms with E-state index in [2.05, 4.69) is 4.98 Å². The molecule has 2 atom stereocenters. The molecule has 19 heavy (non-hydrogen) atoms. The van der Waals surface area contributed by atoms with Crippen molar-refractivity contribution in [3.05, 3.63) is 23.9 Å². The van der Waals surface area contributed by atoms with Gasteiger partial charge in [-0.25, -0.2) is 4.98 Å². The van der Waals surface area contributed by atoms with Crippen molar-refractivity contribution in [2.24, 2.45) is 0 Å². The van der Waals surface area contributed by atoms with Gasteiger partial charge in [0, 0.05) is 12.3 Å². The number of hydrogen-bond acceptors (Lipinski definition) is 5. The first kappa shape index (κ1) is 14.2. The third kappa shape index (κ3) is 3.89. The van der Waals surface area contributed by atoms with Crippen LogP contribution in [-0.2, 0) is 9.47 Å². The van der Waals surface area contributed by atoms with Crippen molar-refractivity contribution < 1.29 is 19.3 Å². The summed E-state index contributed by atoms with van der Waals surface area (Å²) in [7, 11) is 0. The highest BCUT2D eigenvalue weighted by Crippen LogP contribution is 2.23. The molecule has 1 fully saturated rings. The van der Waals surface area contributed by atoms with E-state index in [0.29, 0.717) is 25.5 Å². The molecule has 1 aliphatic rings. The molecule has 5 heteroatoms. The Kier molecular flexibility index (Phi) is 4.39. The fourth-order valence-electron chi connectivity index (χ4n) is 1.97. The van der Waals surface area contributed by atoms with Crippen LogP contribution < -0.4 is 4.74 Å². The van der Waals surface area contributed by atoms with Gasteiger partial charge in [0.05, 0.1) is 12.7 Å². The van der Waals surface area contributed by atoms with Crippen LogP contribution in [0.1, 0.15) is 38.9 Å². The quantitative estimate of drug-likeness (QED) is 0.884. The Balaban J connectivity index is 1.90. The van der Waals surface area contributed by atoms with Crippen LogP contribution in [0.15, 0.2) is 18.3 Å². The van der Waals surface area contributed by atoms with Crippen molar-refractivity contribution in [2.45, 2.75) is 45.2 Å². The minimum atomic E-state index is -0.540. The molecule has 0 aromatic carbocycles. The Morgan fingerprint density at radius 1 is 1.58 bits per heavy atom. The summed E-state index contributed by atoms with van der Waals surface area (Å²) in [5.41, 5.74) is 0.816. The van der Waals surface area contributed by atoms with E-state index in [1.54, 1.807) is 18.3 Å². The van der Waals surface area contributed by atoms with E-state index in [0.717, 1.165) is 5.56 Å². The predicted octanol–water partition coefficient (Wildman–Crippen LogP) is 2.06. The zero-order valence-electron chi connectivity index (χ0n) is 11.6. The molecule has 1 saturated heterocycles. The number of aliphatic hydroxyl groups is 1. The van der Waals surface area contributed by atoms with Gasteiger partial charge in [-0.05, 0) is 31.9 Å². The van der Waals surface area contributed by atoms with Crippen LogP contribution in [-0.4, -0.2) is 35.2 Å². The van der Waals surface area contributed by atoms with Crippen LogP contribution in [0, 0.1) is 0 Å². The van der Waals surface area contributed by atoms with E-state index >= 15 is 0 Å². The minimum absolute atomic E-state index is 0.0865. The van der Waals surface area contributed by atoms with Gasteiger partial charge in [-0.2, -0.15) is 0 Å². The van der Waals surface area contributed by atoms with Gasteiger partial charge in [0.15, 0.2) is 5.79 Å². The number of aromatic nitrogens is 1. The van der Waals surface area contributed by atoms with E-state index in [4.69, 9.17) is 14.2 Å². The average molecular weight is 267 g/mol. The van der Waals surface area contributed by atoms with Gasteiger partial charge in [0.1, 0.15) is 12.7 Å². The second kappa shape index (κ2) is 5.86. The Bertz CT molecular complexity index is 422. The van der Waals surface area contributed by atoms with Gasteiger partial charge in [-0.1, -0.05) is 6.92 Å². The Labute approximate surface area is 113 Å². The molecule has 1 N–H and O–H groups in total. The molecule has 0 radical (unpaired) electrons. The van der Waals surface area contributed by atoms with Gasteiger partial charge in [-0.15, -0.1) is 0 Å². The van der Waals surface area contributed by atoms with Crippen LogP contribution in [0.4, 0.5) is 0 Å². The van der Waals surface area contributed by atoms with Crippen molar-refractivity contribution in [3.8, 4) is 5.88 Å². The van der Waals surface area contributed by atoms with E-state index < -0.39 is 11.9 Å². The van der Waals surface area contributed by atoms with Crippen LogP contribution in [0.3, 0.4) is 0 Å². The molecule has 1 aliphatic heterocycles. The number of ether oxygens (including phenoxy) is 3. The molecule has 2 rings (SSSR count). The molecule has 0 saturated carbocycles. The van der Waals surface area contributed by atoms with Gasteiger partial charge in [0.25, 0.3) is 0 Å². The van der Waals surface area contributed by atoms with Crippen molar-refractivity contribution in [3.63, 3.8) is 0 Å². The third-order valence-corrected chi connectivity index (χ3v) is 3.01. The lowest BCUT2D eigenvalue weighted by atomic mass is 10.1. The summed E-state index contributed by atoms with van der Waals surface area (Å²) in [5.74, 6) is -0.0415. The third-order valence-electron chi connectivity index (χ3n) is 3.01. The fraction of sp³-hybridized carbons (Fsp3) is 0.643. The van der Waals surface area contributed by atoms with E-state index in [1.807, 2.05) is 20.8 Å². The second-order valence-electron chi connectivity index (χ2n) is 5.11. The summed E-state index contributed by atoms with van der Waals surface area (Å²) in [4.78, 5) is 4.12. The minimum Gasteiger partial charge on any atom is -0.475 e. The van der Waals surface area contributed by atoms with Crippen LogP contribution in [0.5, 0.6) is 5.88 Å². The van der Waals surface area contributed by atoms with Crippen LogP contribution >= 0.6 is 0 Å². The van der Waals surface area contributed by atoms with E-state index in [1.165, 1.54) is 0 Å². The van der Waals surface area contributed by atoms with Gasteiger partial charge in [0.2, 0.25) is 5.88 Å². The van der Waals surface area contributed by atoms with E-state index in [-0.39, 0.29) is 6.10 Å². The van der Waals surface area contributed by atoms with Crippen molar-refractivity contribution >= 4 is 0 Å². The van der Waals surface area contributed by atoms with Crippen molar-refractivity contribution in [1.29, 1.82) is 0 Å². The molecule has 1 aromatic heterocycles. The Morgan fingerprint density at radius 2 is 2.37 bits per heavy atom. The molecule has 0 spiro atoms. The number of aliphatic hydroxyl groups excluding tert-OH is 1. The lowest BCUT2D eigenvalue weighted by molar-refractivity contribution is -0.141. The topological polar surface area (TPSA) is 60.8 Å². The predicted molar refractivity (Wildman–Crippen MR) is 69.9 cm³/mol. The highest BCUT2D eigenvalue weighted by Gasteiger charge is 2.33. The standard InChI is InChI=1S/C14H21NO4/c1-4-12(16)10-5-6-15-13(7-10)17-8-11-9-18-14(2,3)19-11/h5-7,11-12,16H,4,8-9H2,1-3H3. The monoisotopic (exact) mass is 267 g/mol. The summed E-state index contributed by atoms with van der Waals surface area (Å²) in [5, 5.41) is 9.77. The molecule has 2 unspecified atom stereocenters. The first-order chi connectivity index (χ1) is 9.00. The lowest BCUT2D eigenvalue weighted by Gasteiger charge is -2.17. The first-order valence-corrected chi connectivity index (χ1v) is 6.59. The fourth-order valence-corrected chi connectivity index (χ4v) is 1.97. The maximum absolute atomic E-state index is 9.77. The molecular weight excluding hydrogens is 246 g/mol. The lowest BCUT2D eigenvalue weighted by Crippen LogP contribution is -2.25. The summed E-state index contributed by atoms with van der Waals surface area (Å²) in [6.45, 7) is 6.59. The SMILES string of the molecule is CCC(O)c1ccnc(OCC2COC(C)(C)O2)c1. The molecule has 1 aromatic rings. The molecule has 0 bridgehead atoms. The highest BCUT2D eigenvalue weighted by atomic mass is 16.7. The van der Waals surface area contributed by atoms with Crippen LogP contribution in [0.25, 0.3) is 0 Å². The maximum Gasteiger partial charge on any atom is 0.213 e. The smallest absolute Gasteiger partial charge is 0.213 e. The van der Waals surface area contributed by atoms with Gasteiger partial charge < -0.3 is 19.3 Å². The molecule has 0 amide bonds. The second-order valence-corrected chi connectivity index (χ2v) is 5.11.